The molecule has 0 aliphatic heterocycles. The number of hydrogen-bond donors (Lipinski definition) is 1. The average Bonchev–Trinajstić information content (AvgIpc) is 3.06. The minimum atomic E-state index is -0.119. The van der Waals surface area contributed by atoms with Crippen molar-refractivity contribution in [3.8, 4) is 5.75 Å². The zero-order chi connectivity index (χ0) is 19.3. The first-order valence-electron chi connectivity index (χ1n) is 8.86. The molecule has 0 aliphatic rings. The SMILES string of the molecule is O=C(Cn1c(COc2ccccc2)nc2ccccc21)Nc1ccc(Br)cc1. The van der Waals surface area contributed by atoms with Crippen LogP contribution in [-0.2, 0) is 17.9 Å². The smallest absolute Gasteiger partial charge is 0.244 e. The lowest BCUT2D eigenvalue weighted by molar-refractivity contribution is -0.116. The van der Waals surface area contributed by atoms with Crippen LogP contribution in [0.5, 0.6) is 5.75 Å². The molecule has 6 heteroatoms. The molecule has 3 aromatic carbocycles. The zero-order valence-electron chi connectivity index (χ0n) is 15.0. The molecule has 0 radical (unpaired) electrons. The first-order valence-corrected chi connectivity index (χ1v) is 9.66. The van der Waals surface area contributed by atoms with Gasteiger partial charge in [0.1, 0.15) is 24.7 Å². The summed E-state index contributed by atoms with van der Waals surface area (Å²) in [6, 6.07) is 24.8. The van der Waals surface area contributed by atoms with Crippen LogP contribution in [0.3, 0.4) is 0 Å². The monoisotopic (exact) mass is 435 g/mol. The maximum absolute atomic E-state index is 12.6. The summed E-state index contributed by atoms with van der Waals surface area (Å²) in [5.41, 5.74) is 2.49. The highest BCUT2D eigenvalue weighted by Crippen LogP contribution is 2.19. The number of hydrogen-bond acceptors (Lipinski definition) is 3. The van der Waals surface area contributed by atoms with E-state index in [1.807, 2.05) is 83.4 Å². The Hall–Kier alpha value is -3.12. The average molecular weight is 436 g/mol. The molecule has 4 rings (SSSR count). The van der Waals surface area contributed by atoms with Crippen LogP contribution in [0.25, 0.3) is 11.0 Å². The van der Waals surface area contributed by atoms with Gasteiger partial charge >= 0.3 is 0 Å². The van der Waals surface area contributed by atoms with Gasteiger partial charge in [0.2, 0.25) is 5.91 Å². The number of para-hydroxylation sites is 3. The third-order valence-electron chi connectivity index (χ3n) is 4.27. The second-order valence-corrected chi connectivity index (χ2v) is 7.18. The lowest BCUT2D eigenvalue weighted by atomic mass is 10.3. The number of carbonyl (C=O) groups excluding carboxylic acids is 1. The van der Waals surface area contributed by atoms with Gasteiger partial charge < -0.3 is 14.6 Å². The molecule has 0 spiro atoms. The highest BCUT2D eigenvalue weighted by Gasteiger charge is 2.14. The quantitative estimate of drug-likeness (QED) is 0.462. The van der Waals surface area contributed by atoms with Gasteiger partial charge in [0.05, 0.1) is 11.0 Å². The van der Waals surface area contributed by atoms with Crippen molar-refractivity contribution in [1.29, 1.82) is 0 Å². The van der Waals surface area contributed by atoms with E-state index in [0.29, 0.717) is 5.82 Å². The Morgan fingerprint density at radius 3 is 2.46 bits per heavy atom. The first-order chi connectivity index (χ1) is 13.7. The zero-order valence-corrected chi connectivity index (χ0v) is 16.6. The minimum absolute atomic E-state index is 0.119. The highest BCUT2D eigenvalue weighted by molar-refractivity contribution is 9.10. The fraction of sp³-hybridized carbons (Fsp3) is 0.0909. The standard InChI is InChI=1S/C22H18BrN3O2/c23-16-10-12-17(13-11-16)24-22(27)14-26-20-9-5-4-8-19(20)25-21(26)15-28-18-6-2-1-3-7-18/h1-13H,14-15H2,(H,24,27). The summed E-state index contributed by atoms with van der Waals surface area (Å²) >= 11 is 3.39. The third-order valence-corrected chi connectivity index (χ3v) is 4.80. The Bertz CT molecular complexity index is 1090. The van der Waals surface area contributed by atoms with Gasteiger partial charge in [0.15, 0.2) is 0 Å². The predicted octanol–water partition coefficient (Wildman–Crippen LogP) is 5.02. The Labute approximate surface area is 171 Å². The van der Waals surface area contributed by atoms with Crippen molar-refractivity contribution in [2.24, 2.45) is 0 Å². The molecule has 1 aromatic heterocycles. The van der Waals surface area contributed by atoms with Crippen molar-refractivity contribution >= 4 is 38.6 Å². The lowest BCUT2D eigenvalue weighted by Gasteiger charge is -2.11. The molecule has 28 heavy (non-hydrogen) atoms. The molecule has 0 atom stereocenters. The molecule has 0 saturated carbocycles. The summed E-state index contributed by atoms with van der Waals surface area (Å²) in [4.78, 5) is 17.3. The number of rotatable bonds is 6. The Morgan fingerprint density at radius 1 is 0.964 bits per heavy atom. The summed E-state index contributed by atoms with van der Waals surface area (Å²) < 4.78 is 8.71. The number of imidazole rings is 1. The molecule has 5 nitrogen and oxygen atoms in total. The normalized spacial score (nSPS) is 10.8. The van der Waals surface area contributed by atoms with Crippen LogP contribution >= 0.6 is 15.9 Å². The fourth-order valence-electron chi connectivity index (χ4n) is 2.95. The molecule has 1 N–H and O–H groups in total. The summed E-state index contributed by atoms with van der Waals surface area (Å²) in [6.07, 6.45) is 0. The molecule has 1 amide bonds. The minimum Gasteiger partial charge on any atom is -0.486 e. The second kappa shape index (κ2) is 8.27. The van der Waals surface area contributed by atoms with Gasteiger partial charge in [-0.15, -0.1) is 0 Å². The number of aromatic nitrogens is 2. The molecule has 140 valence electrons. The number of amides is 1. The number of nitrogens with zero attached hydrogens (tertiary/aromatic N) is 2. The van der Waals surface area contributed by atoms with Gasteiger partial charge in [-0.2, -0.15) is 0 Å². The Kier molecular flexibility index (Phi) is 5.39. The predicted molar refractivity (Wildman–Crippen MR) is 113 cm³/mol. The van der Waals surface area contributed by atoms with E-state index >= 15 is 0 Å². The molecule has 1 heterocycles. The number of carbonyl (C=O) groups is 1. The summed E-state index contributed by atoms with van der Waals surface area (Å²) in [5.74, 6) is 1.35. The van der Waals surface area contributed by atoms with Gasteiger partial charge in [-0.05, 0) is 48.5 Å². The second-order valence-electron chi connectivity index (χ2n) is 6.26. The van der Waals surface area contributed by atoms with Crippen molar-refractivity contribution in [2.45, 2.75) is 13.2 Å². The number of fused-ring (bicyclic) bond motifs is 1. The van der Waals surface area contributed by atoms with E-state index in [9.17, 15) is 4.79 Å². The van der Waals surface area contributed by atoms with E-state index in [2.05, 4.69) is 26.2 Å². The third kappa shape index (κ3) is 4.23. The van der Waals surface area contributed by atoms with E-state index in [4.69, 9.17) is 4.74 Å². The molecule has 0 bridgehead atoms. The van der Waals surface area contributed by atoms with Gasteiger partial charge in [-0.3, -0.25) is 4.79 Å². The van der Waals surface area contributed by atoms with Gasteiger partial charge in [0.25, 0.3) is 0 Å². The molecule has 0 fully saturated rings. The lowest BCUT2D eigenvalue weighted by Crippen LogP contribution is -2.20. The van der Waals surface area contributed by atoms with Crippen LogP contribution in [0, 0.1) is 0 Å². The Balaban J connectivity index is 1.55. The van der Waals surface area contributed by atoms with E-state index in [-0.39, 0.29) is 19.1 Å². The molecule has 0 saturated heterocycles. The van der Waals surface area contributed by atoms with E-state index in [1.165, 1.54) is 0 Å². The highest BCUT2D eigenvalue weighted by atomic mass is 79.9. The van der Waals surface area contributed by atoms with Crippen LogP contribution in [0.1, 0.15) is 5.82 Å². The number of anilines is 1. The maximum atomic E-state index is 12.6. The van der Waals surface area contributed by atoms with E-state index in [1.54, 1.807) is 0 Å². The van der Waals surface area contributed by atoms with Crippen LogP contribution in [0.4, 0.5) is 5.69 Å². The van der Waals surface area contributed by atoms with Crippen molar-refractivity contribution < 1.29 is 9.53 Å². The van der Waals surface area contributed by atoms with Gasteiger partial charge in [0, 0.05) is 10.2 Å². The van der Waals surface area contributed by atoms with E-state index in [0.717, 1.165) is 26.9 Å². The number of ether oxygens (including phenoxy) is 1. The summed E-state index contributed by atoms with van der Waals surface area (Å²) in [7, 11) is 0. The van der Waals surface area contributed by atoms with Crippen LogP contribution in [-0.4, -0.2) is 15.5 Å². The van der Waals surface area contributed by atoms with Crippen LogP contribution in [0.2, 0.25) is 0 Å². The van der Waals surface area contributed by atoms with Gasteiger partial charge in [-0.25, -0.2) is 4.98 Å². The fourth-order valence-corrected chi connectivity index (χ4v) is 3.22. The van der Waals surface area contributed by atoms with Crippen LogP contribution in [0.15, 0.2) is 83.3 Å². The Morgan fingerprint density at radius 2 is 1.68 bits per heavy atom. The number of nitrogens with one attached hydrogen (secondary N) is 1. The summed E-state index contributed by atoms with van der Waals surface area (Å²) in [6.45, 7) is 0.439. The van der Waals surface area contributed by atoms with Crippen LogP contribution < -0.4 is 10.1 Å². The molecular weight excluding hydrogens is 418 g/mol. The maximum Gasteiger partial charge on any atom is 0.244 e. The topological polar surface area (TPSA) is 56.2 Å². The summed E-state index contributed by atoms with van der Waals surface area (Å²) in [5, 5.41) is 2.92. The van der Waals surface area contributed by atoms with E-state index < -0.39 is 0 Å². The molecular formula is C22H18BrN3O2. The molecule has 0 aliphatic carbocycles. The molecule has 4 aromatic rings. The van der Waals surface area contributed by atoms with Crippen molar-refractivity contribution in [3.63, 3.8) is 0 Å². The number of halogens is 1. The van der Waals surface area contributed by atoms with Crippen molar-refractivity contribution in [3.05, 3.63) is 89.2 Å². The van der Waals surface area contributed by atoms with Crippen molar-refractivity contribution in [2.75, 3.05) is 5.32 Å². The first kappa shape index (κ1) is 18.3. The largest absolute Gasteiger partial charge is 0.486 e. The van der Waals surface area contributed by atoms with Crippen molar-refractivity contribution in [1.82, 2.24) is 9.55 Å². The number of benzene rings is 3. The molecule has 0 unspecified atom stereocenters. The van der Waals surface area contributed by atoms with Gasteiger partial charge in [-0.1, -0.05) is 46.3 Å².